The van der Waals surface area contributed by atoms with Gasteiger partial charge in [-0.25, -0.2) is 0 Å². The van der Waals surface area contributed by atoms with Gasteiger partial charge in [-0.1, -0.05) is 46.9 Å². The summed E-state index contributed by atoms with van der Waals surface area (Å²) in [6.45, 7) is 2.30. The standard InChI is InChI=1S/C22H17Cl3N2O3/c1-2-30-20-6-4-3-5-19(20)27-22(29)16-11-13(23)8-10-18(16)26-21(28)15-9-7-14(24)12-17(15)25/h3-12H,2H2,1H3,(H,26,28)(H,27,29). The highest BCUT2D eigenvalue weighted by atomic mass is 35.5. The van der Waals surface area contributed by atoms with E-state index in [1.54, 1.807) is 36.4 Å². The van der Waals surface area contributed by atoms with Gasteiger partial charge in [0.25, 0.3) is 11.8 Å². The molecule has 3 aromatic carbocycles. The van der Waals surface area contributed by atoms with Crippen molar-refractivity contribution in [2.24, 2.45) is 0 Å². The maximum atomic E-state index is 13.0. The minimum absolute atomic E-state index is 0.187. The number of carbonyl (C=O) groups excluding carboxylic acids is 2. The Labute approximate surface area is 188 Å². The lowest BCUT2D eigenvalue weighted by Crippen LogP contribution is -2.19. The summed E-state index contributed by atoms with van der Waals surface area (Å²) < 4.78 is 5.54. The van der Waals surface area contributed by atoms with Gasteiger partial charge in [-0.15, -0.1) is 0 Å². The molecule has 2 N–H and O–H groups in total. The highest BCUT2D eigenvalue weighted by Crippen LogP contribution is 2.28. The predicted molar refractivity (Wildman–Crippen MR) is 121 cm³/mol. The second-order valence-corrected chi connectivity index (χ2v) is 7.43. The van der Waals surface area contributed by atoms with Crippen LogP contribution in [0.2, 0.25) is 15.1 Å². The average molecular weight is 464 g/mol. The number of hydrogen-bond donors (Lipinski definition) is 2. The number of carbonyl (C=O) groups is 2. The summed E-state index contributed by atoms with van der Waals surface area (Å²) in [5.74, 6) is -0.404. The average Bonchev–Trinajstić information content (AvgIpc) is 2.70. The minimum atomic E-state index is -0.484. The summed E-state index contributed by atoms with van der Waals surface area (Å²) in [4.78, 5) is 25.6. The monoisotopic (exact) mass is 462 g/mol. The first-order valence-electron chi connectivity index (χ1n) is 8.98. The van der Waals surface area contributed by atoms with E-state index in [-0.39, 0.29) is 21.8 Å². The van der Waals surface area contributed by atoms with Crippen molar-refractivity contribution in [2.45, 2.75) is 6.92 Å². The maximum absolute atomic E-state index is 13.0. The van der Waals surface area contributed by atoms with E-state index in [0.717, 1.165) is 0 Å². The molecule has 5 nitrogen and oxygen atoms in total. The van der Waals surface area contributed by atoms with Crippen LogP contribution in [0.25, 0.3) is 0 Å². The Morgan fingerprint density at radius 2 is 1.43 bits per heavy atom. The number of amides is 2. The summed E-state index contributed by atoms with van der Waals surface area (Å²) in [6.07, 6.45) is 0. The molecule has 0 saturated carbocycles. The number of benzene rings is 3. The summed E-state index contributed by atoms with van der Waals surface area (Å²) in [7, 11) is 0. The third-order valence-corrected chi connectivity index (χ3v) is 4.87. The van der Waals surface area contributed by atoms with Crippen LogP contribution < -0.4 is 15.4 Å². The highest BCUT2D eigenvalue weighted by Gasteiger charge is 2.18. The second kappa shape index (κ2) is 9.85. The first-order valence-corrected chi connectivity index (χ1v) is 10.1. The molecular weight excluding hydrogens is 447 g/mol. The topological polar surface area (TPSA) is 67.4 Å². The third kappa shape index (κ3) is 5.25. The molecule has 0 aliphatic carbocycles. The Balaban J connectivity index is 1.88. The van der Waals surface area contributed by atoms with E-state index in [9.17, 15) is 9.59 Å². The van der Waals surface area contributed by atoms with Gasteiger partial charge in [-0.2, -0.15) is 0 Å². The number of rotatable bonds is 6. The zero-order valence-corrected chi connectivity index (χ0v) is 18.1. The smallest absolute Gasteiger partial charge is 0.257 e. The molecule has 0 bridgehead atoms. The molecular formula is C22H17Cl3N2O3. The molecule has 0 spiro atoms. The van der Waals surface area contributed by atoms with Gasteiger partial charge in [0.15, 0.2) is 0 Å². The molecule has 0 aromatic heterocycles. The van der Waals surface area contributed by atoms with Crippen molar-refractivity contribution in [3.63, 3.8) is 0 Å². The lowest BCUT2D eigenvalue weighted by atomic mass is 10.1. The molecule has 8 heteroatoms. The van der Waals surface area contributed by atoms with Crippen LogP contribution >= 0.6 is 34.8 Å². The quantitative estimate of drug-likeness (QED) is 0.435. The van der Waals surface area contributed by atoms with Crippen LogP contribution in [0.4, 0.5) is 11.4 Å². The number of para-hydroxylation sites is 2. The molecule has 3 rings (SSSR count). The maximum Gasteiger partial charge on any atom is 0.257 e. The highest BCUT2D eigenvalue weighted by molar-refractivity contribution is 6.37. The third-order valence-electron chi connectivity index (χ3n) is 4.09. The summed E-state index contributed by atoms with van der Waals surface area (Å²) in [5, 5.41) is 6.46. The molecule has 0 fully saturated rings. The fourth-order valence-electron chi connectivity index (χ4n) is 2.72. The van der Waals surface area contributed by atoms with Crippen molar-refractivity contribution < 1.29 is 14.3 Å². The Kier molecular flexibility index (Phi) is 7.21. The first-order chi connectivity index (χ1) is 14.4. The van der Waals surface area contributed by atoms with Crippen molar-refractivity contribution in [1.82, 2.24) is 0 Å². The van der Waals surface area contributed by atoms with Crippen molar-refractivity contribution in [3.8, 4) is 5.75 Å². The predicted octanol–water partition coefficient (Wildman–Crippen LogP) is 6.55. The van der Waals surface area contributed by atoms with Crippen LogP contribution in [0.5, 0.6) is 5.75 Å². The van der Waals surface area contributed by atoms with Gasteiger partial charge in [-0.3, -0.25) is 9.59 Å². The molecule has 0 heterocycles. The molecule has 0 atom stereocenters. The fraction of sp³-hybridized carbons (Fsp3) is 0.0909. The largest absolute Gasteiger partial charge is 0.492 e. The second-order valence-electron chi connectivity index (χ2n) is 6.15. The van der Waals surface area contributed by atoms with Gasteiger partial charge in [0.05, 0.1) is 34.1 Å². The van der Waals surface area contributed by atoms with E-state index in [4.69, 9.17) is 39.5 Å². The molecule has 0 radical (unpaired) electrons. The number of hydrogen-bond acceptors (Lipinski definition) is 3. The Bertz CT molecular complexity index is 1100. The molecule has 3 aromatic rings. The zero-order valence-electron chi connectivity index (χ0n) is 15.8. The van der Waals surface area contributed by atoms with Crippen LogP contribution in [0.1, 0.15) is 27.6 Å². The molecule has 0 aliphatic heterocycles. The van der Waals surface area contributed by atoms with Crippen LogP contribution in [0, 0.1) is 0 Å². The molecule has 0 unspecified atom stereocenters. The van der Waals surface area contributed by atoms with E-state index in [1.807, 2.05) is 13.0 Å². The lowest BCUT2D eigenvalue weighted by molar-refractivity contribution is 0.102. The summed E-state index contributed by atoms with van der Waals surface area (Å²) in [6, 6.07) is 16.2. The van der Waals surface area contributed by atoms with Crippen LogP contribution in [-0.2, 0) is 0 Å². The number of halogens is 3. The van der Waals surface area contributed by atoms with Crippen molar-refractivity contribution in [1.29, 1.82) is 0 Å². The minimum Gasteiger partial charge on any atom is -0.492 e. The fourth-order valence-corrected chi connectivity index (χ4v) is 3.38. The van der Waals surface area contributed by atoms with Gasteiger partial charge < -0.3 is 15.4 Å². The van der Waals surface area contributed by atoms with E-state index in [1.165, 1.54) is 18.2 Å². The van der Waals surface area contributed by atoms with Crippen molar-refractivity contribution in [2.75, 3.05) is 17.2 Å². The summed E-state index contributed by atoms with van der Waals surface area (Å²) >= 11 is 18.1. The number of anilines is 2. The molecule has 0 aliphatic rings. The van der Waals surface area contributed by atoms with Crippen LogP contribution in [0.15, 0.2) is 60.7 Å². The van der Waals surface area contributed by atoms with Crippen molar-refractivity contribution >= 4 is 58.0 Å². The summed E-state index contributed by atoms with van der Waals surface area (Å²) in [5.41, 5.74) is 1.19. The molecule has 2 amide bonds. The first kappa shape index (κ1) is 22.0. The molecule has 0 saturated heterocycles. The Morgan fingerprint density at radius 1 is 0.800 bits per heavy atom. The molecule has 30 heavy (non-hydrogen) atoms. The SMILES string of the molecule is CCOc1ccccc1NC(=O)c1cc(Cl)ccc1NC(=O)c1ccc(Cl)cc1Cl. The van der Waals surface area contributed by atoms with Gasteiger partial charge in [0, 0.05) is 10.0 Å². The van der Waals surface area contributed by atoms with E-state index < -0.39 is 11.8 Å². The van der Waals surface area contributed by atoms with Gasteiger partial charge in [0.1, 0.15) is 5.75 Å². The number of ether oxygens (including phenoxy) is 1. The van der Waals surface area contributed by atoms with Crippen LogP contribution in [0.3, 0.4) is 0 Å². The van der Waals surface area contributed by atoms with E-state index in [0.29, 0.717) is 28.1 Å². The Morgan fingerprint density at radius 3 is 2.17 bits per heavy atom. The van der Waals surface area contributed by atoms with Crippen LogP contribution in [-0.4, -0.2) is 18.4 Å². The normalized spacial score (nSPS) is 10.4. The Hall–Kier alpha value is -2.73. The lowest BCUT2D eigenvalue weighted by Gasteiger charge is -2.14. The van der Waals surface area contributed by atoms with Gasteiger partial charge in [-0.05, 0) is 55.5 Å². The number of nitrogens with one attached hydrogen (secondary N) is 2. The van der Waals surface area contributed by atoms with Crippen molar-refractivity contribution in [3.05, 3.63) is 86.9 Å². The van der Waals surface area contributed by atoms with Gasteiger partial charge >= 0.3 is 0 Å². The zero-order chi connectivity index (χ0) is 21.7. The van der Waals surface area contributed by atoms with Gasteiger partial charge in [0.2, 0.25) is 0 Å². The molecule has 154 valence electrons. The van der Waals surface area contributed by atoms with E-state index in [2.05, 4.69) is 10.6 Å². The van der Waals surface area contributed by atoms with E-state index >= 15 is 0 Å².